The molecule has 15 valence electrons. The van der Waals surface area contributed by atoms with E-state index in [0.717, 1.165) is 0 Å². The Hall–Kier alpha value is 0.625. The van der Waals surface area contributed by atoms with Gasteiger partial charge in [-0.1, -0.05) is 0 Å². The maximum Gasteiger partial charge on any atom is -0.0298 e. The maximum atomic E-state index is 4.82. The third kappa shape index (κ3) is 2.62. The van der Waals surface area contributed by atoms with Gasteiger partial charge in [0.15, 0.2) is 0 Å². The molecular weight excluding hydrogens is 63.4 g/mol. The van der Waals surface area contributed by atoms with Crippen LogP contribution in [0.5, 0.6) is 0 Å². The largest absolute Gasteiger partial charge is 0.634 e. The van der Waals surface area contributed by atoms with Crippen LogP contribution in [0.1, 0.15) is 0 Å². The van der Waals surface area contributed by atoms with Crippen LogP contribution in [-0.4, -0.2) is 22.2 Å². The van der Waals surface area contributed by atoms with E-state index in [1.54, 1.807) is 0 Å². The lowest BCUT2D eigenvalue weighted by molar-refractivity contribution is 4.43. The van der Waals surface area contributed by atoms with Gasteiger partial charge in [-0.05, 0) is 7.74 Å². The molecule has 0 bridgehead atoms. The zero-order valence-corrected chi connectivity index (χ0v) is 3.07. The summed E-state index contributed by atoms with van der Waals surface area (Å²) >= 11 is 0. The van der Waals surface area contributed by atoms with Crippen LogP contribution in [0, 0.1) is 0 Å². The number of hydrogen-bond acceptors (Lipinski definition) is 0. The highest BCUT2D eigenvalue weighted by molar-refractivity contribution is 7.95. The van der Waals surface area contributed by atoms with Gasteiger partial charge in [-0.25, -0.2) is 0 Å². The van der Waals surface area contributed by atoms with Crippen molar-refractivity contribution in [3.8, 4) is 0 Å². The summed E-state index contributed by atoms with van der Waals surface area (Å²) in [6.07, 6.45) is 0. The van der Waals surface area contributed by atoms with Gasteiger partial charge in [0.05, 0.1) is 0 Å². The van der Waals surface area contributed by atoms with Crippen molar-refractivity contribution >= 4 is 30.5 Å². The number of hydrogen-bond donors (Lipinski definition) is 0. The van der Waals surface area contributed by atoms with E-state index in [-0.39, 0.29) is 0 Å². The Bertz CT molecular complexity index is 5.25. The Balaban J connectivity index is 1.97. The van der Waals surface area contributed by atoms with Gasteiger partial charge in [0.25, 0.3) is 0 Å². The molecule has 0 aromatic heterocycles. The van der Waals surface area contributed by atoms with Crippen molar-refractivity contribution in [1.29, 1.82) is 0 Å². The SMILES string of the molecule is [B][B][P-][B]. The van der Waals surface area contributed by atoms with E-state index >= 15 is 0 Å². The summed E-state index contributed by atoms with van der Waals surface area (Å²) in [4.78, 5) is 0. The lowest BCUT2D eigenvalue weighted by Gasteiger charge is -1.97. The van der Waals surface area contributed by atoms with Gasteiger partial charge in [-0.3, -0.25) is 0 Å². The zero-order valence-electron chi connectivity index (χ0n) is 2.18. The van der Waals surface area contributed by atoms with Crippen molar-refractivity contribution in [2.75, 3.05) is 0 Å². The predicted octanol–water partition coefficient (Wildman–Crippen LogP) is -0.281. The lowest BCUT2D eigenvalue weighted by atomic mass is 9.79. The van der Waals surface area contributed by atoms with Gasteiger partial charge in [0.2, 0.25) is 0 Å². The molecule has 0 fully saturated rings. The Morgan fingerprint density at radius 2 is 2.00 bits per heavy atom. The Morgan fingerprint density at radius 1 is 1.75 bits per heavy atom. The summed E-state index contributed by atoms with van der Waals surface area (Å²) in [6, 6.07) is 0. The molecular formula is B3P-. The Morgan fingerprint density at radius 3 is 2.00 bits per heavy atom. The highest BCUT2D eigenvalue weighted by Crippen LogP contribution is 1.86. The second-order valence-electron chi connectivity index (χ2n) is 0.298. The number of rotatable bonds is 1. The molecule has 0 nitrogen and oxygen atoms in total. The first-order chi connectivity index (χ1) is 1.91. The van der Waals surface area contributed by atoms with Crippen LogP contribution in [-0.2, 0) is 0 Å². The van der Waals surface area contributed by atoms with Crippen LogP contribution < -0.4 is 0 Å². The standard InChI is InChI=1S/B3P/c1-3-4-2/q-1. The molecule has 0 saturated carbocycles. The summed E-state index contributed by atoms with van der Waals surface area (Å²) in [6.45, 7) is 1.38. The van der Waals surface area contributed by atoms with E-state index in [0.29, 0.717) is 8.34 Å². The van der Waals surface area contributed by atoms with Gasteiger partial charge in [-0.15, -0.1) is 0 Å². The summed E-state index contributed by atoms with van der Waals surface area (Å²) < 4.78 is 0. The van der Waals surface area contributed by atoms with Gasteiger partial charge in [-0.2, -0.15) is 14.5 Å². The molecule has 0 aliphatic heterocycles. The lowest BCUT2D eigenvalue weighted by Crippen LogP contribution is -1.70. The quantitative estimate of drug-likeness (QED) is 0.290. The molecule has 0 N–H and O–H groups in total. The van der Waals surface area contributed by atoms with Gasteiger partial charge in [0, 0.05) is 0 Å². The maximum absolute atomic E-state index is 4.82. The zero-order chi connectivity index (χ0) is 3.41. The fourth-order valence-corrected chi connectivity index (χ4v) is 0. The third-order valence-corrected chi connectivity index (χ3v) is 0.258. The summed E-state index contributed by atoms with van der Waals surface area (Å²) in [5.41, 5.74) is 0. The Labute approximate surface area is 31.5 Å². The minimum absolute atomic E-state index is 0.651. The fourth-order valence-electron chi connectivity index (χ4n) is 0. The first-order valence-corrected chi connectivity index (χ1v) is 1.88. The molecule has 0 unspecified atom stereocenters. The molecule has 4 heavy (non-hydrogen) atoms. The highest BCUT2D eigenvalue weighted by Gasteiger charge is 1.34. The Kier molecular flexibility index (Phi) is 4.19. The van der Waals surface area contributed by atoms with E-state index in [9.17, 15) is 0 Å². The van der Waals surface area contributed by atoms with Crippen molar-refractivity contribution in [3.63, 3.8) is 0 Å². The normalized spacial score (nSPS) is 9.00. The fraction of sp³-hybridized carbons (Fsp3) is 0. The molecule has 0 aromatic carbocycles. The van der Waals surface area contributed by atoms with Crippen molar-refractivity contribution < 1.29 is 0 Å². The van der Waals surface area contributed by atoms with Crippen LogP contribution in [0.25, 0.3) is 0 Å². The van der Waals surface area contributed by atoms with E-state index in [2.05, 4.69) is 0 Å². The summed E-state index contributed by atoms with van der Waals surface area (Å²) in [5.74, 6) is 0. The molecule has 0 spiro atoms. The van der Waals surface area contributed by atoms with Crippen molar-refractivity contribution in [1.82, 2.24) is 0 Å². The topological polar surface area (TPSA) is 0 Å². The molecule has 0 aliphatic rings. The summed E-state index contributed by atoms with van der Waals surface area (Å²) in [7, 11) is 10.2. The van der Waals surface area contributed by atoms with Crippen LogP contribution in [0.3, 0.4) is 0 Å². The van der Waals surface area contributed by atoms with Crippen LogP contribution in [0.4, 0.5) is 0 Å². The first-order valence-electron chi connectivity index (χ1n) is 0.850. The molecule has 0 atom stereocenters. The summed E-state index contributed by atoms with van der Waals surface area (Å²) in [5, 5.41) is 0. The van der Waals surface area contributed by atoms with Crippen molar-refractivity contribution in [2.45, 2.75) is 0 Å². The van der Waals surface area contributed by atoms with Gasteiger partial charge < -0.3 is 8.34 Å². The molecule has 0 aliphatic carbocycles. The highest BCUT2D eigenvalue weighted by atomic mass is 31.1. The first kappa shape index (κ1) is 4.62. The molecule has 0 saturated heterocycles. The second-order valence-corrected chi connectivity index (χ2v) is 0.894. The molecule has 0 rings (SSSR count). The molecule has 0 amide bonds. The van der Waals surface area contributed by atoms with Gasteiger partial charge in [0.1, 0.15) is 0 Å². The predicted molar refractivity (Wildman–Crippen MR) is 24.2 cm³/mol. The van der Waals surface area contributed by atoms with Crippen molar-refractivity contribution in [2.24, 2.45) is 0 Å². The minimum Gasteiger partial charge on any atom is -0.634 e. The average Bonchev–Trinajstić information content (AvgIpc) is 1.37. The molecule has 0 aromatic rings. The third-order valence-electron chi connectivity index (χ3n) is 0.0861. The van der Waals surface area contributed by atoms with E-state index in [4.69, 9.17) is 15.3 Å². The average molecular weight is 63.4 g/mol. The van der Waals surface area contributed by atoms with Crippen LogP contribution in [0.2, 0.25) is 0 Å². The van der Waals surface area contributed by atoms with Crippen LogP contribution in [0.15, 0.2) is 0 Å². The van der Waals surface area contributed by atoms with E-state index < -0.39 is 0 Å². The minimum atomic E-state index is 0.651. The van der Waals surface area contributed by atoms with E-state index in [1.807, 2.05) is 0 Å². The second kappa shape index (κ2) is 3.62. The molecule has 0 heterocycles. The van der Waals surface area contributed by atoms with Crippen LogP contribution >= 0.6 is 8.34 Å². The van der Waals surface area contributed by atoms with Crippen molar-refractivity contribution in [3.05, 3.63) is 0 Å². The molecule has 5 radical (unpaired) electrons. The molecule has 4 heteroatoms. The van der Waals surface area contributed by atoms with Gasteiger partial charge >= 0.3 is 0 Å². The smallest absolute Gasteiger partial charge is 0.0298 e. The van der Waals surface area contributed by atoms with E-state index in [1.165, 1.54) is 6.89 Å². The monoisotopic (exact) mass is 64.0 g/mol.